The summed E-state index contributed by atoms with van der Waals surface area (Å²) in [6.45, 7) is 0.285. The fourth-order valence-corrected chi connectivity index (χ4v) is 6.50. The van der Waals surface area contributed by atoms with E-state index in [4.69, 9.17) is 9.94 Å². The van der Waals surface area contributed by atoms with E-state index in [0.29, 0.717) is 18.6 Å². The summed E-state index contributed by atoms with van der Waals surface area (Å²) in [6, 6.07) is 6.25. The van der Waals surface area contributed by atoms with Gasteiger partial charge in [-0.3, -0.25) is 10.0 Å². The molecule has 1 aromatic carbocycles. The van der Waals surface area contributed by atoms with Gasteiger partial charge in [0.25, 0.3) is 0 Å². The van der Waals surface area contributed by atoms with E-state index in [9.17, 15) is 13.2 Å². The number of hydrogen-bond acceptors (Lipinski definition) is 5. The third-order valence-corrected chi connectivity index (χ3v) is 8.37. The Balaban J connectivity index is 1.89. The van der Waals surface area contributed by atoms with Gasteiger partial charge in [0.1, 0.15) is 5.75 Å². The normalized spacial score (nSPS) is 25.0. The number of amides is 1. The Morgan fingerprint density at radius 2 is 1.69 bits per heavy atom. The van der Waals surface area contributed by atoms with Crippen LogP contribution < -0.4 is 10.2 Å². The van der Waals surface area contributed by atoms with Gasteiger partial charge in [-0.05, 0) is 55.9 Å². The Hall–Kier alpha value is -1.64. The number of piperidine rings is 1. The van der Waals surface area contributed by atoms with Crippen LogP contribution in [0.25, 0.3) is 0 Å². The standard InChI is InChI=1S/C21H32N2O5S/c1-28-18-9-11-19(12-10-18)29(26,27)23-14-13-17(21(24)22-25)15-20(23)16-7-5-3-2-4-6-8-16/h9-12,16-17,20,25H,2-8,13-15H2,1H3,(H,22,24). The lowest BCUT2D eigenvalue weighted by atomic mass is 9.79. The molecule has 1 heterocycles. The SMILES string of the molecule is COc1ccc(S(=O)(=O)N2CCC(C(=O)NO)CC2C2CCCCCCC2)cc1. The molecular formula is C21H32N2O5S. The molecule has 1 aliphatic heterocycles. The van der Waals surface area contributed by atoms with Crippen molar-refractivity contribution in [2.24, 2.45) is 11.8 Å². The summed E-state index contributed by atoms with van der Waals surface area (Å²) in [5, 5.41) is 9.08. The smallest absolute Gasteiger partial charge is 0.246 e. The van der Waals surface area contributed by atoms with E-state index in [-0.39, 0.29) is 29.3 Å². The number of nitrogens with one attached hydrogen (secondary N) is 1. The van der Waals surface area contributed by atoms with E-state index in [1.54, 1.807) is 41.2 Å². The zero-order chi connectivity index (χ0) is 20.9. The van der Waals surface area contributed by atoms with Crippen molar-refractivity contribution >= 4 is 15.9 Å². The maximum Gasteiger partial charge on any atom is 0.246 e. The second kappa shape index (κ2) is 9.91. The molecule has 2 N–H and O–H groups in total. The van der Waals surface area contributed by atoms with E-state index >= 15 is 0 Å². The number of hydroxylamine groups is 1. The molecule has 29 heavy (non-hydrogen) atoms. The van der Waals surface area contributed by atoms with Crippen molar-refractivity contribution in [1.82, 2.24) is 9.79 Å². The first-order valence-corrected chi connectivity index (χ1v) is 12.0. The highest BCUT2D eigenvalue weighted by molar-refractivity contribution is 7.89. The molecule has 1 saturated heterocycles. The van der Waals surface area contributed by atoms with Gasteiger partial charge in [-0.2, -0.15) is 4.31 Å². The van der Waals surface area contributed by atoms with Crippen molar-refractivity contribution < 1.29 is 23.2 Å². The quantitative estimate of drug-likeness (QED) is 0.558. The molecule has 7 nitrogen and oxygen atoms in total. The molecule has 1 saturated carbocycles. The number of hydrogen-bond donors (Lipinski definition) is 2. The molecule has 1 amide bonds. The van der Waals surface area contributed by atoms with E-state index in [1.165, 1.54) is 19.3 Å². The summed E-state index contributed by atoms with van der Waals surface area (Å²) < 4.78 is 33.7. The summed E-state index contributed by atoms with van der Waals surface area (Å²) in [5.41, 5.74) is 1.76. The van der Waals surface area contributed by atoms with Gasteiger partial charge in [0.05, 0.1) is 12.0 Å². The lowest BCUT2D eigenvalue weighted by Gasteiger charge is -2.42. The second-order valence-electron chi connectivity index (χ2n) is 8.16. The highest BCUT2D eigenvalue weighted by Crippen LogP contribution is 2.37. The maximum atomic E-state index is 13.5. The topological polar surface area (TPSA) is 95.9 Å². The predicted molar refractivity (Wildman–Crippen MR) is 109 cm³/mol. The Kier molecular flexibility index (Phi) is 7.54. The van der Waals surface area contributed by atoms with Crippen LogP contribution in [0.3, 0.4) is 0 Å². The molecule has 3 rings (SSSR count). The Labute approximate surface area is 173 Å². The summed E-state index contributed by atoms with van der Waals surface area (Å²) >= 11 is 0. The Morgan fingerprint density at radius 1 is 1.07 bits per heavy atom. The minimum absolute atomic E-state index is 0.226. The molecule has 2 fully saturated rings. The lowest BCUT2D eigenvalue weighted by molar-refractivity contribution is -0.135. The van der Waals surface area contributed by atoms with Gasteiger partial charge < -0.3 is 4.74 Å². The number of nitrogens with zero attached hydrogens (tertiary/aromatic N) is 1. The molecular weight excluding hydrogens is 392 g/mol. The van der Waals surface area contributed by atoms with Crippen LogP contribution in [0.4, 0.5) is 0 Å². The number of sulfonamides is 1. The maximum absolute atomic E-state index is 13.5. The van der Waals surface area contributed by atoms with Gasteiger partial charge in [0.2, 0.25) is 15.9 Å². The van der Waals surface area contributed by atoms with Crippen LogP contribution in [-0.2, 0) is 14.8 Å². The third kappa shape index (κ3) is 5.10. The number of ether oxygens (including phenoxy) is 1. The molecule has 2 unspecified atom stereocenters. The highest BCUT2D eigenvalue weighted by Gasteiger charge is 2.42. The molecule has 0 aromatic heterocycles. The van der Waals surface area contributed by atoms with Crippen LogP contribution in [0.5, 0.6) is 5.75 Å². The molecule has 162 valence electrons. The summed E-state index contributed by atoms with van der Waals surface area (Å²) in [5.74, 6) is 0.0663. The molecule has 0 spiro atoms. The van der Waals surface area contributed by atoms with Gasteiger partial charge in [0, 0.05) is 18.5 Å². The first-order chi connectivity index (χ1) is 14.0. The van der Waals surface area contributed by atoms with Crippen LogP contribution in [0, 0.1) is 11.8 Å². The van der Waals surface area contributed by atoms with Crippen molar-refractivity contribution in [3.8, 4) is 5.75 Å². The first kappa shape index (κ1) is 22.1. The summed E-state index contributed by atoms with van der Waals surface area (Å²) in [4.78, 5) is 12.3. The molecule has 1 aromatic rings. The van der Waals surface area contributed by atoms with Crippen LogP contribution in [0.2, 0.25) is 0 Å². The van der Waals surface area contributed by atoms with Crippen molar-refractivity contribution in [3.63, 3.8) is 0 Å². The first-order valence-electron chi connectivity index (χ1n) is 10.6. The molecule has 0 bridgehead atoms. The van der Waals surface area contributed by atoms with E-state index in [2.05, 4.69) is 0 Å². The van der Waals surface area contributed by atoms with Crippen molar-refractivity contribution in [2.75, 3.05) is 13.7 Å². The molecule has 1 aliphatic carbocycles. The summed E-state index contributed by atoms with van der Waals surface area (Å²) in [6.07, 6.45) is 8.59. The highest BCUT2D eigenvalue weighted by atomic mass is 32.2. The van der Waals surface area contributed by atoms with Crippen LogP contribution in [-0.4, -0.2) is 43.5 Å². The Bertz CT molecular complexity index is 773. The van der Waals surface area contributed by atoms with Gasteiger partial charge in [-0.1, -0.05) is 32.1 Å². The average Bonchev–Trinajstić information content (AvgIpc) is 2.72. The second-order valence-corrected chi connectivity index (χ2v) is 10.1. The number of carbonyl (C=O) groups is 1. The van der Waals surface area contributed by atoms with E-state index < -0.39 is 15.9 Å². The third-order valence-electron chi connectivity index (χ3n) is 6.43. The minimum Gasteiger partial charge on any atom is -0.497 e. The average molecular weight is 425 g/mol. The lowest BCUT2D eigenvalue weighted by Crippen LogP contribution is -2.51. The number of rotatable bonds is 5. The molecule has 0 radical (unpaired) electrons. The van der Waals surface area contributed by atoms with E-state index in [1.807, 2.05) is 0 Å². The van der Waals surface area contributed by atoms with Gasteiger partial charge in [-0.15, -0.1) is 0 Å². The zero-order valence-electron chi connectivity index (χ0n) is 17.0. The van der Waals surface area contributed by atoms with Crippen LogP contribution in [0.1, 0.15) is 57.8 Å². The Morgan fingerprint density at radius 3 is 2.28 bits per heavy atom. The predicted octanol–water partition coefficient (Wildman–Crippen LogP) is 3.33. The van der Waals surface area contributed by atoms with Crippen molar-refractivity contribution in [1.29, 1.82) is 0 Å². The van der Waals surface area contributed by atoms with Crippen LogP contribution >= 0.6 is 0 Å². The van der Waals surface area contributed by atoms with Crippen molar-refractivity contribution in [2.45, 2.75) is 68.7 Å². The van der Waals surface area contributed by atoms with E-state index in [0.717, 1.165) is 25.7 Å². The largest absolute Gasteiger partial charge is 0.497 e. The monoisotopic (exact) mass is 424 g/mol. The van der Waals surface area contributed by atoms with Crippen molar-refractivity contribution in [3.05, 3.63) is 24.3 Å². The fraction of sp³-hybridized carbons (Fsp3) is 0.667. The van der Waals surface area contributed by atoms with Crippen LogP contribution in [0.15, 0.2) is 29.2 Å². The minimum atomic E-state index is -3.68. The van der Waals surface area contributed by atoms with Gasteiger partial charge in [-0.25, -0.2) is 13.9 Å². The number of methoxy groups -OCH3 is 1. The zero-order valence-corrected chi connectivity index (χ0v) is 17.9. The molecule has 2 aliphatic rings. The van der Waals surface area contributed by atoms with Gasteiger partial charge >= 0.3 is 0 Å². The molecule has 8 heteroatoms. The summed E-state index contributed by atoms with van der Waals surface area (Å²) in [7, 11) is -2.13. The molecule has 2 atom stereocenters. The fourth-order valence-electron chi connectivity index (χ4n) is 4.79. The number of carbonyl (C=O) groups excluding carboxylic acids is 1. The number of benzene rings is 1. The van der Waals surface area contributed by atoms with Gasteiger partial charge in [0.15, 0.2) is 0 Å².